The smallest absolute Gasteiger partial charge is 0.262 e. The molecule has 3 aromatic rings. The number of alkyl halides is 1. The molecule has 0 spiro atoms. The van der Waals surface area contributed by atoms with Gasteiger partial charge in [-0.3, -0.25) is 9.59 Å². The van der Waals surface area contributed by atoms with E-state index < -0.39 is 41.2 Å². The quantitative estimate of drug-likeness (QED) is 0.382. The number of nitrogens with one attached hydrogen (secondary N) is 2. The molecule has 11 heteroatoms. The zero-order valence-electron chi connectivity index (χ0n) is 20.8. The van der Waals surface area contributed by atoms with Crippen molar-refractivity contribution >= 4 is 43.3 Å². The Hall–Kier alpha value is -3.33. The molecule has 2 atom stereocenters. The van der Waals surface area contributed by atoms with Gasteiger partial charge >= 0.3 is 0 Å². The second-order valence-electron chi connectivity index (χ2n) is 9.04. The number of hydrogen-bond acceptors (Lipinski definition) is 6. The Labute approximate surface area is 220 Å². The first kappa shape index (κ1) is 28.2. The zero-order chi connectivity index (χ0) is 27.2. The molecule has 0 saturated carbocycles. The highest BCUT2D eigenvalue weighted by Crippen LogP contribution is 2.25. The van der Waals surface area contributed by atoms with Gasteiger partial charge in [-0.2, -0.15) is 9.57 Å². The second-order valence-corrected chi connectivity index (χ2v) is 12.1. The molecule has 0 saturated heterocycles. The van der Waals surface area contributed by atoms with Crippen LogP contribution in [-0.2, 0) is 14.8 Å². The third kappa shape index (κ3) is 7.13. The van der Waals surface area contributed by atoms with E-state index in [9.17, 15) is 27.7 Å². The second kappa shape index (κ2) is 12.3. The van der Waals surface area contributed by atoms with Gasteiger partial charge in [0.05, 0.1) is 21.9 Å². The number of rotatable bonds is 11. The summed E-state index contributed by atoms with van der Waals surface area (Å²) in [6.45, 7) is 2.85. The number of benzene rings is 2. The van der Waals surface area contributed by atoms with Crippen LogP contribution >= 0.6 is 11.3 Å². The van der Waals surface area contributed by atoms with Crippen LogP contribution < -0.4 is 10.6 Å². The molecule has 8 nitrogen and oxygen atoms in total. The summed E-state index contributed by atoms with van der Waals surface area (Å²) in [7, 11) is -2.89. The first-order valence-electron chi connectivity index (χ1n) is 11.7. The third-order valence-electron chi connectivity index (χ3n) is 5.63. The molecular weight excluding hydrogens is 515 g/mol. The largest absolute Gasteiger partial charge is 0.351 e. The van der Waals surface area contributed by atoms with E-state index in [1.807, 2.05) is 44.2 Å². The molecule has 3 rings (SSSR count). The van der Waals surface area contributed by atoms with Gasteiger partial charge in [0.25, 0.3) is 5.91 Å². The Morgan fingerprint density at radius 3 is 2.49 bits per heavy atom. The standard InChI is InChI=1S/C26H29FN4O4S2/c1-17(2)12-21(30-26(33)23-13-18-8-4-6-10-22(18)36-23)25(32)29-15-20(27)16-31(3)37(34,35)24-11-7-5-9-19(24)14-28/h4-11,13,17,20-21H,12,15-16H2,1-3H3,(H,29,32)(H,30,33)/t20-,21+/m1/s1. The van der Waals surface area contributed by atoms with Crippen LogP contribution in [0.25, 0.3) is 10.1 Å². The fraction of sp³-hybridized carbons (Fsp3) is 0.346. The minimum absolute atomic E-state index is 0.0380. The van der Waals surface area contributed by atoms with Crippen molar-refractivity contribution in [3.05, 3.63) is 65.0 Å². The van der Waals surface area contributed by atoms with Crippen LogP contribution in [0.1, 0.15) is 35.5 Å². The summed E-state index contributed by atoms with van der Waals surface area (Å²) < 4.78 is 42.1. The van der Waals surface area contributed by atoms with Gasteiger partial charge < -0.3 is 10.6 Å². The van der Waals surface area contributed by atoms with E-state index in [4.69, 9.17) is 0 Å². The number of nitrogens with zero attached hydrogens (tertiary/aromatic N) is 2. The number of hydrogen-bond donors (Lipinski definition) is 2. The molecule has 196 valence electrons. The van der Waals surface area contributed by atoms with Gasteiger partial charge in [-0.15, -0.1) is 11.3 Å². The molecule has 0 aliphatic rings. The van der Waals surface area contributed by atoms with Crippen LogP contribution in [0.15, 0.2) is 59.5 Å². The SMILES string of the molecule is CC(C)C[C@H](NC(=O)c1cc2ccccc2s1)C(=O)NC[C@@H](F)CN(C)S(=O)(=O)c1ccccc1C#N. The number of amides is 2. The van der Waals surface area contributed by atoms with Crippen LogP contribution in [0.5, 0.6) is 0 Å². The van der Waals surface area contributed by atoms with Gasteiger partial charge in [0.2, 0.25) is 15.9 Å². The molecule has 0 unspecified atom stereocenters. The predicted molar refractivity (Wildman–Crippen MR) is 141 cm³/mol. The average molecular weight is 545 g/mol. The first-order valence-corrected chi connectivity index (χ1v) is 13.9. The zero-order valence-corrected chi connectivity index (χ0v) is 22.4. The molecule has 2 aromatic carbocycles. The summed E-state index contributed by atoms with van der Waals surface area (Å²) >= 11 is 1.32. The minimum Gasteiger partial charge on any atom is -0.351 e. The van der Waals surface area contributed by atoms with E-state index in [1.54, 1.807) is 6.07 Å². The molecular formula is C26H29FN4O4S2. The van der Waals surface area contributed by atoms with Crippen molar-refractivity contribution in [2.75, 3.05) is 20.1 Å². The Morgan fingerprint density at radius 2 is 1.81 bits per heavy atom. The molecule has 0 fully saturated rings. The molecule has 1 aromatic heterocycles. The Bertz CT molecular complexity index is 1380. The molecule has 37 heavy (non-hydrogen) atoms. The Balaban J connectivity index is 1.61. The van der Waals surface area contributed by atoms with E-state index in [-0.39, 0.29) is 22.3 Å². The number of fused-ring (bicyclic) bond motifs is 1. The van der Waals surface area contributed by atoms with Crippen molar-refractivity contribution < 1.29 is 22.4 Å². The van der Waals surface area contributed by atoms with Gasteiger partial charge in [-0.1, -0.05) is 44.2 Å². The van der Waals surface area contributed by atoms with Crippen LogP contribution in [0.4, 0.5) is 4.39 Å². The van der Waals surface area contributed by atoms with Crippen LogP contribution in [0.3, 0.4) is 0 Å². The predicted octanol–water partition coefficient (Wildman–Crippen LogP) is 3.69. The summed E-state index contributed by atoms with van der Waals surface area (Å²) in [5, 5.41) is 15.4. The van der Waals surface area contributed by atoms with Crippen LogP contribution in [-0.4, -0.2) is 56.9 Å². The summed E-state index contributed by atoms with van der Waals surface area (Å²) in [6, 6.07) is 16.0. The van der Waals surface area contributed by atoms with Crippen molar-refractivity contribution in [1.82, 2.24) is 14.9 Å². The number of halogens is 1. The van der Waals surface area contributed by atoms with E-state index >= 15 is 0 Å². The molecule has 0 radical (unpaired) electrons. The summed E-state index contributed by atoms with van der Waals surface area (Å²) in [5.74, 6) is -0.858. The van der Waals surface area contributed by atoms with Crippen LogP contribution in [0, 0.1) is 17.2 Å². The highest BCUT2D eigenvalue weighted by Gasteiger charge is 2.28. The Kier molecular flexibility index (Phi) is 9.37. The lowest BCUT2D eigenvalue weighted by Crippen LogP contribution is -2.49. The molecule has 0 aliphatic heterocycles. The van der Waals surface area contributed by atoms with Gasteiger partial charge in [-0.05, 0) is 42.0 Å². The number of thiophene rings is 1. The molecule has 0 bridgehead atoms. The topological polar surface area (TPSA) is 119 Å². The van der Waals surface area contributed by atoms with Crippen molar-refractivity contribution in [2.24, 2.45) is 5.92 Å². The fourth-order valence-corrected chi connectivity index (χ4v) is 6.06. The number of carbonyl (C=O) groups excluding carboxylic acids is 2. The van der Waals surface area contributed by atoms with Gasteiger partial charge in [-0.25, -0.2) is 12.8 Å². The minimum atomic E-state index is -4.10. The van der Waals surface area contributed by atoms with Crippen molar-refractivity contribution in [3.8, 4) is 6.07 Å². The van der Waals surface area contributed by atoms with E-state index in [2.05, 4.69) is 10.6 Å². The van der Waals surface area contributed by atoms with Gasteiger partial charge in [0.1, 0.15) is 18.3 Å². The van der Waals surface area contributed by atoms with E-state index in [0.29, 0.717) is 11.3 Å². The maximum atomic E-state index is 14.7. The maximum Gasteiger partial charge on any atom is 0.262 e. The van der Waals surface area contributed by atoms with Crippen LogP contribution in [0.2, 0.25) is 0 Å². The molecule has 0 aliphatic carbocycles. The lowest BCUT2D eigenvalue weighted by Gasteiger charge is -2.22. The monoisotopic (exact) mass is 544 g/mol. The number of nitriles is 1. The highest BCUT2D eigenvalue weighted by molar-refractivity contribution is 7.89. The van der Waals surface area contributed by atoms with E-state index in [1.165, 1.54) is 42.6 Å². The highest BCUT2D eigenvalue weighted by atomic mass is 32.2. The van der Waals surface area contributed by atoms with Gasteiger partial charge in [0, 0.05) is 18.3 Å². The Morgan fingerprint density at radius 1 is 1.14 bits per heavy atom. The van der Waals surface area contributed by atoms with E-state index in [0.717, 1.165) is 14.4 Å². The molecule has 1 heterocycles. The maximum absolute atomic E-state index is 14.7. The number of sulfonamides is 1. The van der Waals surface area contributed by atoms with Crippen molar-refractivity contribution in [1.29, 1.82) is 5.26 Å². The first-order chi connectivity index (χ1) is 17.5. The molecule has 2 amide bonds. The normalized spacial score (nSPS) is 13.3. The lowest BCUT2D eigenvalue weighted by atomic mass is 10.0. The van der Waals surface area contributed by atoms with Crippen molar-refractivity contribution in [2.45, 2.75) is 37.4 Å². The summed E-state index contributed by atoms with van der Waals surface area (Å²) in [5.41, 5.74) is -0.0380. The third-order valence-corrected chi connectivity index (χ3v) is 8.62. The van der Waals surface area contributed by atoms with Gasteiger partial charge in [0.15, 0.2) is 0 Å². The summed E-state index contributed by atoms with van der Waals surface area (Å²) in [4.78, 5) is 26.0. The summed E-state index contributed by atoms with van der Waals surface area (Å²) in [6.07, 6.45) is -1.37. The fourth-order valence-electron chi connectivity index (χ4n) is 3.75. The molecule has 2 N–H and O–H groups in total. The average Bonchev–Trinajstić information content (AvgIpc) is 3.31. The number of carbonyl (C=O) groups is 2. The van der Waals surface area contributed by atoms with Crippen molar-refractivity contribution in [3.63, 3.8) is 0 Å². The lowest BCUT2D eigenvalue weighted by molar-refractivity contribution is -0.123.